The molecule has 0 atom stereocenters. The molecule has 3 aromatic carbocycles. The van der Waals surface area contributed by atoms with E-state index in [1.54, 1.807) is 36.4 Å². The Bertz CT molecular complexity index is 1170. The van der Waals surface area contributed by atoms with Crippen molar-refractivity contribution in [1.82, 2.24) is 4.90 Å². The van der Waals surface area contributed by atoms with E-state index in [0.717, 1.165) is 4.90 Å². The number of carbonyl (C=O) groups excluding carboxylic acids is 2. The van der Waals surface area contributed by atoms with Gasteiger partial charge in [-0.25, -0.2) is 4.39 Å². The number of carbonyl (C=O) groups is 2. The standard InChI is InChI=1S/C24H18ClFN2O3/c1-31-20-5-3-2-4-16(20)14-28-23(29)21(15-6-8-17(25)9-7-15)22(24(28)30)27-19-12-10-18(26)11-13-19/h2-13,27H,14H2,1H3. The van der Waals surface area contributed by atoms with Crippen molar-refractivity contribution in [3.63, 3.8) is 0 Å². The van der Waals surface area contributed by atoms with E-state index in [9.17, 15) is 14.0 Å². The molecule has 1 heterocycles. The molecule has 0 radical (unpaired) electrons. The van der Waals surface area contributed by atoms with Crippen LogP contribution in [0.2, 0.25) is 5.02 Å². The number of methoxy groups -OCH3 is 1. The first-order valence-electron chi connectivity index (χ1n) is 9.49. The van der Waals surface area contributed by atoms with Crippen molar-refractivity contribution in [2.24, 2.45) is 0 Å². The molecule has 1 aliphatic rings. The third kappa shape index (κ3) is 4.15. The number of halogens is 2. The lowest BCUT2D eigenvalue weighted by Crippen LogP contribution is -2.32. The van der Waals surface area contributed by atoms with E-state index >= 15 is 0 Å². The molecule has 0 saturated carbocycles. The Morgan fingerprint density at radius 1 is 0.935 bits per heavy atom. The summed E-state index contributed by atoms with van der Waals surface area (Å²) in [6.45, 7) is 0.0490. The molecule has 156 valence electrons. The number of hydrogen-bond acceptors (Lipinski definition) is 4. The monoisotopic (exact) mass is 436 g/mol. The van der Waals surface area contributed by atoms with E-state index in [4.69, 9.17) is 16.3 Å². The number of anilines is 1. The summed E-state index contributed by atoms with van der Waals surface area (Å²) in [6.07, 6.45) is 0. The van der Waals surface area contributed by atoms with Crippen LogP contribution in [-0.4, -0.2) is 23.8 Å². The molecule has 2 amide bonds. The minimum atomic E-state index is -0.481. The van der Waals surface area contributed by atoms with Crippen LogP contribution in [0.1, 0.15) is 11.1 Å². The van der Waals surface area contributed by atoms with Gasteiger partial charge in [0, 0.05) is 16.3 Å². The number of hydrogen-bond donors (Lipinski definition) is 1. The number of amides is 2. The third-order valence-corrected chi connectivity index (χ3v) is 5.19. The van der Waals surface area contributed by atoms with Gasteiger partial charge in [0.15, 0.2) is 0 Å². The Balaban J connectivity index is 1.74. The van der Waals surface area contributed by atoms with Crippen LogP contribution >= 0.6 is 11.6 Å². The fraction of sp³-hybridized carbons (Fsp3) is 0.0833. The van der Waals surface area contributed by atoms with Crippen LogP contribution < -0.4 is 10.1 Å². The maximum atomic E-state index is 13.3. The molecule has 3 aromatic rings. The highest BCUT2D eigenvalue weighted by Crippen LogP contribution is 2.33. The van der Waals surface area contributed by atoms with Crippen LogP contribution in [0.3, 0.4) is 0 Å². The number of rotatable bonds is 6. The van der Waals surface area contributed by atoms with Crippen molar-refractivity contribution in [3.05, 3.63) is 100 Å². The van der Waals surface area contributed by atoms with E-state index in [0.29, 0.717) is 27.6 Å². The largest absolute Gasteiger partial charge is 0.496 e. The Morgan fingerprint density at radius 3 is 2.29 bits per heavy atom. The van der Waals surface area contributed by atoms with Gasteiger partial charge in [0.25, 0.3) is 11.8 Å². The summed E-state index contributed by atoms with van der Waals surface area (Å²) in [5, 5.41) is 3.51. The predicted molar refractivity (Wildman–Crippen MR) is 117 cm³/mol. The highest BCUT2D eigenvalue weighted by molar-refractivity contribution is 6.36. The number of nitrogens with one attached hydrogen (secondary N) is 1. The van der Waals surface area contributed by atoms with E-state index in [-0.39, 0.29) is 17.8 Å². The van der Waals surface area contributed by atoms with Crippen LogP contribution in [0.25, 0.3) is 5.57 Å². The van der Waals surface area contributed by atoms with E-state index in [1.165, 1.54) is 31.4 Å². The van der Waals surface area contributed by atoms with Crippen molar-refractivity contribution in [1.29, 1.82) is 0 Å². The van der Waals surface area contributed by atoms with Gasteiger partial charge in [-0.15, -0.1) is 0 Å². The Labute approximate surface area is 183 Å². The number of nitrogens with zero attached hydrogens (tertiary/aromatic N) is 1. The first kappa shape index (κ1) is 20.6. The molecule has 0 saturated heterocycles. The van der Waals surface area contributed by atoms with Crippen LogP contribution in [0.15, 0.2) is 78.5 Å². The van der Waals surface area contributed by atoms with Gasteiger partial charge in [-0.1, -0.05) is 41.9 Å². The van der Waals surface area contributed by atoms with Gasteiger partial charge < -0.3 is 10.1 Å². The zero-order chi connectivity index (χ0) is 22.0. The highest BCUT2D eigenvalue weighted by atomic mass is 35.5. The zero-order valence-corrected chi connectivity index (χ0v) is 17.3. The van der Waals surface area contributed by atoms with Crippen molar-refractivity contribution in [2.45, 2.75) is 6.54 Å². The molecule has 0 fully saturated rings. The minimum Gasteiger partial charge on any atom is -0.496 e. The summed E-state index contributed by atoms with van der Waals surface area (Å²) < 4.78 is 18.7. The molecule has 0 bridgehead atoms. The van der Waals surface area contributed by atoms with Gasteiger partial charge in [0.2, 0.25) is 0 Å². The second-order valence-corrected chi connectivity index (χ2v) is 7.33. The first-order valence-corrected chi connectivity index (χ1v) is 9.86. The first-order chi connectivity index (χ1) is 15.0. The van der Waals surface area contributed by atoms with Gasteiger partial charge in [-0.05, 0) is 48.0 Å². The quantitative estimate of drug-likeness (QED) is 0.559. The molecule has 0 unspecified atom stereocenters. The maximum absolute atomic E-state index is 13.3. The van der Waals surface area contributed by atoms with E-state index < -0.39 is 17.6 Å². The number of benzene rings is 3. The molecule has 1 N–H and O–H groups in total. The van der Waals surface area contributed by atoms with Crippen LogP contribution in [0, 0.1) is 5.82 Å². The van der Waals surface area contributed by atoms with Crippen LogP contribution in [0.5, 0.6) is 5.75 Å². The Morgan fingerprint density at radius 2 is 1.61 bits per heavy atom. The van der Waals surface area contributed by atoms with E-state index in [2.05, 4.69) is 5.32 Å². The Kier molecular flexibility index (Phi) is 5.73. The highest BCUT2D eigenvalue weighted by Gasteiger charge is 2.39. The average molecular weight is 437 g/mol. The summed E-state index contributed by atoms with van der Waals surface area (Å²) in [6, 6.07) is 19.4. The average Bonchev–Trinajstić information content (AvgIpc) is 3.00. The molecule has 4 rings (SSSR count). The molecule has 0 aliphatic carbocycles. The SMILES string of the molecule is COc1ccccc1CN1C(=O)C(Nc2ccc(F)cc2)=C(c2ccc(Cl)cc2)C1=O. The predicted octanol–water partition coefficient (Wildman–Crippen LogP) is 4.88. The fourth-order valence-corrected chi connectivity index (χ4v) is 3.53. The molecule has 5 nitrogen and oxygen atoms in total. The number of para-hydroxylation sites is 1. The van der Waals surface area contributed by atoms with Gasteiger partial charge in [-0.2, -0.15) is 0 Å². The summed E-state index contributed by atoms with van der Waals surface area (Å²) in [5.41, 5.74) is 2.08. The summed E-state index contributed by atoms with van der Waals surface area (Å²) in [4.78, 5) is 27.8. The van der Waals surface area contributed by atoms with Crippen molar-refractivity contribution < 1.29 is 18.7 Å². The molecule has 7 heteroatoms. The smallest absolute Gasteiger partial charge is 0.278 e. The van der Waals surface area contributed by atoms with Crippen LogP contribution in [-0.2, 0) is 16.1 Å². The second kappa shape index (κ2) is 8.62. The summed E-state index contributed by atoms with van der Waals surface area (Å²) in [5.74, 6) is -0.742. The summed E-state index contributed by atoms with van der Waals surface area (Å²) >= 11 is 5.99. The minimum absolute atomic E-state index is 0.0490. The lowest BCUT2D eigenvalue weighted by molar-refractivity contribution is -0.137. The number of imide groups is 1. The summed E-state index contributed by atoms with van der Waals surface area (Å²) in [7, 11) is 1.53. The van der Waals surface area contributed by atoms with Crippen molar-refractivity contribution >= 4 is 34.7 Å². The van der Waals surface area contributed by atoms with E-state index in [1.807, 2.05) is 12.1 Å². The molecule has 1 aliphatic heterocycles. The number of ether oxygens (including phenoxy) is 1. The van der Waals surface area contributed by atoms with Crippen molar-refractivity contribution in [2.75, 3.05) is 12.4 Å². The maximum Gasteiger partial charge on any atom is 0.278 e. The topological polar surface area (TPSA) is 58.6 Å². The Hall–Kier alpha value is -3.64. The third-order valence-electron chi connectivity index (χ3n) is 4.94. The molecular weight excluding hydrogens is 419 g/mol. The molecular formula is C24H18ClFN2O3. The lowest BCUT2D eigenvalue weighted by atomic mass is 10.0. The zero-order valence-electron chi connectivity index (χ0n) is 16.6. The molecule has 0 aromatic heterocycles. The molecule has 31 heavy (non-hydrogen) atoms. The second-order valence-electron chi connectivity index (χ2n) is 6.90. The van der Waals surface area contributed by atoms with Gasteiger partial charge >= 0.3 is 0 Å². The van der Waals surface area contributed by atoms with Gasteiger partial charge in [-0.3, -0.25) is 14.5 Å². The van der Waals surface area contributed by atoms with Crippen LogP contribution in [0.4, 0.5) is 10.1 Å². The van der Waals surface area contributed by atoms with Crippen molar-refractivity contribution in [3.8, 4) is 5.75 Å². The van der Waals surface area contributed by atoms with Gasteiger partial charge in [0.05, 0.1) is 19.2 Å². The molecule has 0 spiro atoms. The van der Waals surface area contributed by atoms with Gasteiger partial charge in [0.1, 0.15) is 17.3 Å². The fourth-order valence-electron chi connectivity index (χ4n) is 3.40. The normalized spacial score (nSPS) is 13.7. The lowest BCUT2D eigenvalue weighted by Gasteiger charge is -2.17.